The maximum atomic E-state index is 11.3. The SMILES string of the molecule is CC.CC[n+]1ccc2c(c1)CN(C(C)=O)CC2. The van der Waals surface area contributed by atoms with Crippen molar-refractivity contribution in [3.63, 3.8) is 0 Å². The summed E-state index contributed by atoms with van der Waals surface area (Å²) in [5, 5.41) is 0. The van der Waals surface area contributed by atoms with Gasteiger partial charge in [-0.25, -0.2) is 4.57 Å². The third-order valence-electron chi connectivity index (χ3n) is 3.02. The van der Waals surface area contributed by atoms with Gasteiger partial charge in [0.1, 0.15) is 6.54 Å². The van der Waals surface area contributed by atoms with Gasteiger partial charge in [0.25, 0.3) is 0 Å². The Hall–Kier alpha value is -1.38. The predicted molar refractivity (Wildman–Crippen MR) is 68.5 cm³/mol. The molecule has 2 heterocycles. The predicted octanol–water partition coefficient (Wildman–Crippen LogP) is 1.92. The first-order valence-corrected chi connectivity index (χ1v) is 6.47. The number of hydrogen-bond acceptors (Lipinski definition) is 1. The fourth-order valence-corrected chi connectivity index (χ4v) is 2.01. The highest BCUT2D eigenvalue weighted by atomic mass is 16.2. The second-order valence-corrected chi connectivity index (χ2v) is 4.02. The van der Waals surface area contributed by atoms with Crippen LogP contribution in [0, 0.1) is 0 Å². The molecule has 0 aromatic carbocycles. The smallest absolute Gasteiger partial charge is 0.219 e. The summed E-state index contributed by atoms with van der Waals surface area (Å²) in [6.07, 6.45) is 5.26. The van der Waals surface area contributed by atoms with Crippen LogP contribution in [0.15, 0.2) is 18.5 Å². The summed E-state index contributed by atoms with van der Waals surface area (Å²) >= 11 is 0. The van der Waals surface area contributed by atoms with Gasteiger partial charge in [0.15, 0.2) is 12.4 Å². The molecular weight excluding hydrogens is 212 g/mol. The number of carbonyl (C=O) groups is 1. The third-order valence-corrected chi connectivity index (χ3v) is 3.02. The Labute approximate surface area is 104 Å². The second-order valence-electron chi connectivity index (χ2n) is 4.02. The van der Waals surface area contributed by atoms with Gasteiger partial charge in [-0.3, -0.25) is 4.79 Å². The summed E-state index contributed by atoms with van der Waals surface area (Å²) in [5.74, 6) is 0.174. The van der Waals surface area contributed by atoms with Crippen LogP contribution in [0.25, 0.3) is 0 Å². The molecule has 0 unspecified atom stereocenters. The van der Waals surface area contributed by atoms with Gasteiger partial charge in [-0.15, -0.1) is 0 Å². The zero-order valence-corrected chi connectivity index (χ0v) is 11.4. The van der Waals surface area contributed by atoms with Crippen LogP contribution in [0.5, 0.6) is 0 Å². The largest absolute Gasteiger partial charge is 0.338 e. The first-order chi connectivity index (χ1) is 8.20. The molecule has 3 nitrogen and oxygen atoms in total. The molecule has 17 heavy (non-hydrogen) atoms. The third kappa shape index (κ3) is 3.29. The maximum absolute atomic E-state index is 11.3. The highest BCUT2D eigenvalue weighted by Crippen LogP contribution is 2.16. The molecule has 0 bridgehead atoms. The van der Waals surface area contributed by atoms with Gasteiger partial charge in [0.2, 0.25) is 5.91 Å². The summed E-state index contributed by atoms with van der Waals surface area (Å²) in [5.41, 5.74) is 2.68. The second kappa shape index (κ2) is 6.38. The van der Waals surface area contributed by atoms with Crippen molar-refractivity contribution >= 4 is 5.91 Å². The molecule has 1 amide bonds. The van der Waals surface area contributed by atoms with Crippen molar-refractivity contribution in [3.8, 4) is 0 Å². The number of amides is 1. The Morgan fingerprint density at radius 3 is 2.71 bits per heavy atom. The first-order valence-electron chi connectivity index (χ1n) is 6.47. The van der Waals surface area contributed by atoms with Crippen LogP contribution >= 0.6 is 0 Å². The van der Waals surface area contributed by atoms with Crippen LogP contribution in [-0.2, 0) is 24.3 Å². The van der Waals surface area contributed by atoms with E-state index in [1.165, 1.54) is 11.1 Å². The molecule has 1 aromatic rings. The van der Waals surface area contributed by atoms with Crippen LogP contribution in [0.4, 0.5) is 0 Å². The van der Waals surface area contributed by atoms with Gasteiger partial charge < -0.3 is 4.90 Å². The normalized spacial score (nSPS) is 13.5. The monoisotopic (exact) mass is 235 g/mol. The van der Waals surface area contributed by atoms with E-state index < -0.39 is 0 Å². The van der Waals surface area contributed by atoms with Crippen molar-refractivity contribution in [2.45, 2.75) is 47.2 Å². The molecule has 1 aliphatic heterocycles. The lowest BCUT2D eigenvalue weighted by Gasteiger charge is -2.26. The Morgan fingerprint density at radius 1 is 1.41 bits per heavy atom. The first kappa shape index (κ1) is 13.7. The minimum atomic E-state index is 0.174. The minimum Gasteiger partial charge on any atom is -0.338 e. The van der Waals surface area contributed by atoms with E-state index in [0.29, 0.717) is 0 Å². The Kier molecular flexibility index (Phi) is 5.13. The van der Waals surface area contributed by atoms with Crippen LogP contribution < -0.4 is 4.57 Å². The number of pyridine rings is 1. The van der Waals surface area contributed by atoms with Crippen molar-refractivity contribution < 1.29 is 9.36 Å². The van der Waals surface area contributed by atoms with Gasteiger partial charge in [-0.1, -0.05) is 13.8 Å². The molecule has 0 saturated carbocycles. The summed E-state index contributed by atoms with van der Waals surface area (Å²) in [6, 6.07) is 2.18. The number of carbonyl (C=O) groups excluding carboxylic acids is 1. The lowest BCUT2D eigenvalue weighted by atomic mass is 10.0. The van der Waals surface area contributed by atoms with E-state index in [0.717, 1.165) is 26.1 Å². The van der Waals surface area contributed by atoms with Gasteiger partial charge in [-0.2, -0.15) is 0 Å². The molecule has 0 spiro atoms. The lowest BCUT2D eigenvalue weighted by Crippen LogP contribution is -2.38. The number of aryl methyl sites for hydroxylation is 1. The van der Waals surface area contributed by atoms with E-state index in [2.05, 4.69) is 30.0 Å². The molecule has 0 N–H and O–H groups in total. The molecule has 1 aliphatic rings. The van der Waals surface area contributed by atoms with Crippen LogP contribution in [-0.4, -0.2) is 17.4 Å². The van der Waals surface area contributed by atoms with Crippen molar-refractivity contribution in [3.05, 3.63) is 29.6 Å². The van der Waals surface area contributed by atoms with Crippen molar-refractivity contribution in [2.24, 2.45) is 0 Å². The number of aromatic nitrogens is 1. The molecule has 0 aliphatic carbocycles. The highest BCUT2D eigenvalue weighted by Gasteiger charge is 2.20. The summed E-state index contributed by atoms with van der Waals surface area (Å²) in [6.45, 7) is 10.4. The molecule has 94 valence electrons. The zero-order valence-electron chi connectivity index (χ0n) is 11.4. The summed E-state index contributed by atoms with van der Waals surface area (Å²) < 4.78 is 2.16. The number of rotatable bonds is 1. The molecular formula is C14H23N2O+. The fraction of sp³-hybridized carbons (Fsp3) is 0.571. The van der Waals surface area contributed by atoms with E-state index in [-0.39, 0.29) is 5.91 Å². The van der Waals surface area contributed by atoms with Gasteiger partial charge in [0, 0.05) is 25.1 Å². The standard InChI is InChI=1S/C12H17N2O.C2H6/c1-3-13-6-4-11-5-7-14(10(2)15)9-12(11)8-13;1-2/h4,6,8H,3,5,7,9H2,1-2H3;1-2H3/q+1;. The van der Waals surface area contributed by atoms with Crippen LogP contribution in [0.1, 0.15) is 38.8 Å². The number of hydrogen-bond donors (Lipinski definition) is 0. The summed E-state index contributed by atoms with van der Waals surface area (Å²) in [7, 11) is 0. The lowest BCUT2D eigenvalue weighted by molar-refractivity contribution is -0.694. The van der Waals surface area contributed by atoms with Crippen LogP contribution in [0.2, 0.25) is 0 Å². The summed E-state index contributed by atoms with van der Waals surface area (Å²) in [4.78, 5) is 13.2. The van der Waals surface area contributed by atoms with Crippen molar-refractivity contribution in [1.82, 2.24) is 4.90 Å². The van der Waals surface area contributed by atoms with Gasteiger partial charge >= 0.3 is 0 Å². The van der Waals surface area contributed by atoms with E-state index in [4.69, 9.17) is 0 Å². The topological polar surface area (TPSA) is 24.2 Å². The molecule has 1 aromatic heterocycles. The molecule has 2 rings (SSSR count). The molecule has 0 fully saturated rings. The molecule has 3 heteroatoms. The number of nitrogens with zero attached hydrogens (tertiary/aromatic N) is 2. The van der Waals surface area contributed by atoms with E-state index in [9.17, 15) is 4.79 Å². The Balaban J connectivity index is 0.000000686. The average Bonchev–Trinajstić information content (AvgIpc) is 2.39. The Morgan fingerprint density at radius 2 is 2.12 bits per heavy atom. The Bertz CT molecular complexity index is 388. The van der Waals surface area contributed by atoms with Crippen molar-refractivity contribution in [2.75, 3.05) is 6.54 Å². The van der Waals surface area contributed by atoms with Crippen LogP contribution in [0.3, 0.4) is 0 Å². The molecule has 0 saturated heterocycles. The highest BCUT2D eigenvalue weighted by molar-refractivity contribution is 5.73. The fourth-order valence-electron chi connectivity index (χ4n) is 2.01. The number of fused-ring (bicyclic) bond motifs is 1. The quantitative estimate of drug-likeness (QED) is 0.682. The average molecular weight is 235 g/mol. The van der Waals surface area contributed by atoms with Crippen molar-refractivity contribution in [1.29, 1.82) is 0 Å². The zero-order chi connectivity index (χ0) is 12.8. The van der Waals surface area contributed by atoms with Gasteiger partial charge in [-0.05, 0) is 18.9 Å². The molecule has 0 radical (unpaired) electrons. The van der Waals surface area contributed by atoms with E-state index >= 15 is 0 Å². The maximum Gasteiger partial charge on any atom is 0.219 e. The minimum absolute atomic E-state index is 0.174. The van der Waals surface area contributed by atoms with E-state index in [1.54, 1.807) is 6.92 Å². The van der Waals surface area contributed by atoms with E-state index in [1.807, 2.05) is 18.7 Å². The molecule has 0 atom stereocenters. The van der Waals surface area contributed by atoms with Gasteiger partial charge in [0.05, 0.1) is 6.54 Å².